The molecule has 2 aromatic carbocycles. The van der Waals surface area contributed by atoms with E-state index in [0.29, 0.717) is 17.8 Å². The van der Waals surface area contributed by atoms with E-state index in [1.807, 2.05) is 0 Å². The summed E-state index contributed by atoms with van der Waals surface area (Å²) >= 11 is 0. The van der Waals surface area contributed by atoms with E-state index in [1.165, 1.54) is 23.2 Å². The largest absolute Gasteiger partial charge is 0.407 e. The molecule has 36 heavy (non-hydrogen) atoms. The zero-order valence-electron chi connectivity index (χ0n) is 24.4. The highest BCUT2D eigenvalue weighted by Gasteiger charge is 2.57. The van der Waals surface area contributed by atoms with Crippen LogP contribution in [0.25, 0.3) is 0 Å². The Balaban J connectivity index is 1.91. The standard InChI is InChI=1S/C33H52O2Si/c1-24(2)29(34)21-20-25(3)33(9)23-22-28(32(33,7)8)30(31(4,5)6)35-36(26-16-12-10-13-17-26)27-18-14-11-15-19-27/h10-19,24-25,28-30,34,36H,20-23H2,1-9H3/t25-,28-,29-,30?,33+/m0/s1. The topological polar surface area (TPSA) is 29.5 Å². The molecule has 3 heteroatoms. The van der Waals surface area contributed by atoms with Crippen molar-refractivity contribution < 1.29 is 9.53 Å². The van der Waals surface area contributed by atoms with Crippen LogP contribution in [0.15, 0.2) is 60.7 Å². The summed E-state index contributed by atoms with van der Waals surface area (Å²) in [5, 5.41) is 13.2. The zero-order chi connectivity index (χ0) is 26.7. The second-order valence-corrected chi connectivity index (χ2v) is 16.1. The van der Waals surface area contributed by atoms with Gasteiger partial charge in [-0.3, -0.25) is 0 Å². The number of hydrogen-bond acceptors (Lipinski definition) is 2. The highest BCUT2D eigenvalue weighted by Crippen LogP contribution is 2.62. The van der Waals surface area contributed by atoms with Crippen LogP contribution >= 0.6 is 0 Å². The molecule has 1 fully saturated rings. The maximum atomic E-state index is 10.5. The monoisotopic (exact) mass is 508 g/mol. The summed E-state index contributed by atoms with van der Waals surface area (Å²) in [4.78, 5) is 0. The first-order chi connectivity index (χ1) is 16.8. The smallest absolute Gasteiger partial charge is 0.240 e. The van der Waals surface area contributed by atoms with Crippen LogP contribution < -0.4 is 10.4 Å². The minimum absolute atomic E-state index is 0.0407. The highest BCUT2D eigenvalue weighted by atomic mass is 28.3. The molecule has 0 bridgehead atoms. The lowest BCUT2D eigenvalue weighted by atomic mass is 9.57. The Kier molecular flexibility index (Phi) is 9.34. The average Bonchev–Trinajstić information content (AvgIpc) is 3.07. The van der Waals surface area contributed by atoms with Crippen molar-refractivity contribution in [3.05, 3.63) is 60.7 Å². The summed E-state index contributed by atoms with van der Waals surface area (Å²) in [6, 6.07) is 21.8. The van der Waals surface area contributed by atoms with Crippen LogP contribution in [0.5, 0.6) is 0 Å². The lowest BCUT2D eigenvalue weighted by Gasteiger charge is -2.50. The quantitative estimate of drug-likeness (QED) is 0.356. The first-order valence-electron chi connectivity index (χ1n) is 14.2. The van der Waals surface area contributed by atoms with Gasteiger partial charge in [0.25, 0.3) is 0 Å². The predicted molar refractivity (Wildman–Crippen MR) is 157 cm³/mol. The van der Waals surface area contributed by atoms with E-state index in [1.54, 1.807) is 0 Å². The Hall–Kier alpha value is -1.42. The minimum Gasteiger partial charge on any atom is -0.407 e. The van der Waals surface area contributed by atoms with E-state index < -0.39 is 9.04 Å². The molecule has 0 aliphatic heterocycles. The fraction of sp³-hybridized carbons (Fsp3) is 0.636. The molecule has 0 amide bonds. The lowest BCUT2D eigenvalue weighted by Crippen LogP contribution is -2.54. The molecular formula is C33H52O2Si. The van der Waals surface area contributed by atoms with Crippen molar-refractivity contribution in [1.82, 2.24) is 0 Å². The van der Waals surface area contributed by atoms with Crippen molar-refractivity contribution in [2.75, 3.05) is 0 Å². The van der Waals surface area contributed by atoms with Gasteiger partial charge in [-0.1, -0.05) is 123 Å². The van der Waals surface area contributed by atoms with Gasteiger partial charge in [0.2, 0.25) is 9.04 Å². The molecule has 0 saturated heterocycles. The summed E-state index contributed by atoms with van der Waals surface area (Å²) in [6.07, 6.45) is 4.38. The number of rotatable bonds is 10. The van der Waals surface area contributed by atoms with E-state index in [0.717, 1.165) is 12.8 Å². The number of hydrogen-bond donors (Lipinski definition) is 1. The number of aliphatic hydroxyl groups excluding tert-OH is 1. The van der Waals surface area contributed by atoms with Gasteiger partial charge in [-0.05, 0) is 70.1 Å². The van der Waals surface area contributed by atoms with Gasteiger partial charge in [-0.2, -0.15) is 0 Å². The summed E-state index contributed by atoms with van der Waals surface area (Å²) < 4.78 is 7.41. The van der Waals surface area contributed by atoms with E-state index >= 15 is 0 Å². The van der Waals surface area contributed by atoms with Crippen LogP contribution in [0.1, 0.15) is 88.0 Å². The van der Waals surface area contributed by atoms with Gasteiger partial charge in [0.15, 0.2) is 0 Å². The van der Waals surface area contributed by atoms with Gasteiger partial charge < -0.3 is 9.53 Å². The van der Waals surface area contributed by atoms with Crippen LogP contribution in [0.4, 0.5) is 0 Å². The first-order valence-corrected chi connectivity index (χ1v) is 15.8. The summed E-state index contributed by atoms with van der Waals surface area (Å²) in [7, 11) is -1.86. The molecule has 2 aromatic rings. The SMILES string of the molecule is CC(C)[C@@H](O)CC[C@H](C)[C@@]1(C)CC[C@@H](C(O[SiH](c2ccccc2)c2ccccc2)C(C)(C)C)C1(C)C. The summed E-state index contributed by atoms with van der Waals surface area (Å²) in [6.45, 7) is 21.3. The van der Waals surface area contributed by atoms with Gasteiger partial charge >= 0.3 is 0 Å². The highest BCUT2D eigenvalue weighted by molar-refractivity contribution is 6.80. The average molecular weight is 509 g/mol. The van der Waals surface area contributed by atoms with Crippen LogP contribution in [0.2, 0.25) is 0 Å². The second-order valence-electron chi connectivity index (χ2n) is 13.7. The Bertz CT molecular complexity index is 894. The normalized spacial score (nSPS) is 24.7. The molecular weight excluding hydrogens is 456 g/mol. The Morgan fingerprint density at radius 1 is 0.889 bits per heavy atom. The predicted octanol–water partition coefficient (Wildman–Crippen LogP) is 6.83. The lowest BCUT2D eigenvalue weighted by molar-refractivity contribution is -0.0513. The van der Waals surface area contributed by atoms with Crippen LogP contribution in [0, 0.1) is 34.0 Å². The maximum Gasteiger partial charge on any atom is 0.240 e. The van der Waals surface area contributed by atoms with Crippen molar-refractivity contribution >= 4 is 19.4 Å². The molecule has 3 rings (SSSR count). The molecule has 1 N–H and O–H groups in total. The molecule has 1 aliphatic rings. The van der Waals surface area contributed by atoms with Crippen molar-refractivity contribution in [1.29, 1.82) is 0 Å². The van der Waals surface area contributed by atoms with Crippen LogP contribution in [-0.2, 0) is 4.43 Å². The molecule has 1 saturated carbocycles. The van der Waals surface area contributed by atoms with E-state index in [-0.39, 0.29) is 28.5 Å². The fourth-order valence-corrected chi connectivity index (χ4v) is 9.43. The molecule has 2 nitrogen and oxygen atoms in total. The molecule has 0 aromatic heterocycles. The Morgan fingerprint density at radius 3 is 1.83 bits per heavy atom. The second kappa shape index (κ2) is 11.5. The van der Waals surface area contributed by atoms with Crippen molar-refractivity contribution in [2.45, 2.75) is 100 Å². The Labute approximate surface area is 223 Å². The molecule has 1 aliphatic carbocycles. The maximum absolute atomic E-state index is 10.5. The number of aliphatic hydroxyl groups is 1. The Morgan fingerprint density at radius 2 is 1.39 bits per heavy atom. The molecule has 0 heterocycles. The van der Waals surface area contributed by atoms with Crippen LogP contribution in [0.3, 0.4) is 0 Å². The van der Waals surface area contributed by atoms with Crippen molar-refractivity contribution in [2.24, 2.45) is 34.0 Å². The summed E-state index contributed by atoms with van der Waals surface area (Å²) in [5.74, 6) is 1.37. The van der Waals surface area contributed by atoms with E-state index in [4.69, 9.17) is 4.43 Å². The van der Waals surface area contributed by atoms with Crippen molar-refractivity contribution in [3.63, 3.8) is 0 Å². The van der Waals surface area contributed by atoms with Gasteiger partial charge in [0.05, 0.1) is 12.2 Å². The number of benzene rings is 2. The molecule has 5 atom stereocenters. The van der Waals surface area contributed by atoms with Gasteiger partial charge in [-0.25, -0.2) is 0 Å². The molecule has 0 spiro atoms. The van der Waals surface area contributed by atoms with Gasteiger partial charge in [-0.15, -0.1) is 0 Å². The van der Waals surface area contributed by atoms with E-state index in [9.17, 15) is 5.11 Å². The third-order valence-corrected chi connectivity index (χ3v) is 12.4. The molecule has 200 valence electrons. The van der Waals surface area contributed by atoms with E-state index in [2.05, 4.69) is 123 Å². The first kappa shape index (κ1) is 29.1. The fourth-order valence-electron chi connectivity index (χ4n) is 6.70. The van der Waals surface area contributed by atoms with Gasteiger partial charge in [0, 0.05) is 0 Å². The molecule has 1 unspecified atom stereocenters. The third kappa shape index (κ3) is 6.17. The molecule has 0 radical (unpaired) electrons. The third-order valence-electron chi connectivity index (χ3n) is 9.83. The zero-order valence-corrected chi connectivity index (χ0v) is 25.6. The minimum atomic E-state index is -1.86. The van der Waals surface area contributed by atoms with Crippen molar-refractivity contribution in [3.8, 4) is 0 Å². The van der Waals surface area contributed by atoms with Gasteiger partial charge in [0.1, 0.15) is 0 Å². The van der Waals surface area contributed by atoms with Crippen LogP contribution in [-0.4, -0.2) is 26.4 Å². The summed E-state index contributed by atoms with van der Waals surface area (Å²) in [5.41, 5.74) is 0.399.